The predicted octanol–water partition coefficient (Wildman–Crippen LogP) is 3.63. The number of hydrogen-bond donors (Lipinski definition) is 1. The van der Waals surface area contributed by atoms with Gasteiger partial charge in [-0.05, 0) is 30.3 Å². The van der Waals surface area contributed by atoms with E-state index in [0.717, 1.165) is 36.7 Å². The lowest BCUT2D eigenvalue weighted by molar-refractivity contribution is -0.155. The standard InChI is InChI=1S/C19H16F6N4O3/c1-2-3-14(27-11-26)15-8-16(30)29(17(28-15)32-10-19(23,24)25)12-4-6-13(7-5-12)31-9-18(20,21)22/h2-8,11H,1,9-10H2,(H2,26,27)/b14-3-. The summed E-state index contributed by atoms with van der Waals surface area (Å²) in [7, 11) is 0. The maximum Gasteiger partial charge on any atom is 0.422 e. The first-order valence-electron chi connectivity index (χ1n) is 8.64. The Morgan fingerprint density at radius 1 is 1.09 bits per heavy atom. The zero-order valence-corrected chi connectivity index (χ0v) is 16.2. The lowest BCUT2D eigenvalue weighted by Crippen LogP contribution is -2.26. The summed E-state index contributed by atoms with van der Waals surface area (Å²) in [6.07, 6.45) is -5.79. The van der Waals surface area contributed by atoms with Crippen molar-refractivity contribution < 1.29 is 35.8 Å². The summed E-state index contributed by atoms with van der Waals surface area (Å²) in [5.74, 6) is -0.171. The van der Waals surface area contributed by atoms with E-state index in [1.807, 2.05) is 0 Å². The van der Waals surface area contributed by atoms with Gasteiger partial charge in [-0.1, -0.05) is 12.7 Å². The molecule has 2 rings (SSSR count). The van der Waals surface area contributed by atoms with Gasteiger partial charge < -0.3 is 15.2 Å². The average Bonchev–Trinajstić information content (AvgIpc) is 2.69. The molecule has 0 aliphatic carbocycles. The van der Waals surface area contributed by atoms with E-state index >= 15 is 0 Å². The Labute approximate surface area is 177 Å². The Morgan fingerprint density at radius 3 is 2.22 bits per heavy atom. The van der Waals surface area contributed by atoms with Crippen LogP contribution in [-0.2, 0) is 0 Å². The van der Waals surface area contributed by atoms with Gasteiger partial charge in [0.05, 0.1) is 23.4 Å². The van der Waals surface area contributed by atoms with Crippen molar-refractivity contribution in [1.82, 2.24) is 9.55 Å². The lowest BCUT2D eigenvalue weighted by Gasteiger charge is -2.16. The number of halogens is 6. The third-order valence-electron chi connectivity index (χ3n) is 3.50. The minimum atomic E-state index is -4.73. The zero-order chi connectivity index (χ0) is 23.9. The number of allylic oxidation sites excluding steroid dienone is 2. The monoisotopic (exact) mass is 462 g/mol. The Morgan fingerprint density at radius 2 is 1.69 bits per heavy atom. The summed E-state index contributed by atoms with van der Waals surface area (Å²) in [6.45, 7) is 0.168. The van der Waals surface area contributed by atoms with Gasteiger partial charge in [0, 0.05) is 6.07 Å². The molecule has 0 aliphatic rings. The summed E-state index contributed by atoms with van der Waals surface area (Å²) in [6, 6.07) is 4.78. The lowest BCUT2D eigenvalue weighted by atomic mass is 10.2. The molecule has 0 saturated heterocycles. The molecule has 0 atom stereocenters. The van der Waals surface area contributed by atoms with Crippen molar-refractivity contribution in [2.75, 3.05) is 13.2 Å². The Bertz CT molecular complexity index is 1060. The van der Waals surface area contributed by atoms with Crippen molar-refractivity contribution in [3.63, 3.8) is 0 Å². The molecule has 0 saturated carbocycles. The van der Waals surface area contributed by atoms with Gasteiger partial charge in [-0.25, -0.2) is 9.56 Å². The highest BCUT2D eigenvalue weighted by Gasteiger charge is 2.30. The zero-order valence-electron chi connectivity index (χ0n) is 16.2. The van der Waals surface area contributed by atoms with Crippen LogP contribution in [0, 0.1) is 0 Å². The molecule has 13 heteroatoms. The molecule has 0 aliphatic heterocycles. The van der Waals surface area contributed by atoms with Gasteiger partial charge in [-0.2, -0.15) is 31.3 Å². The summed E-state index contributed by atoms with van der Waals surface area (Å²) in [5.41, 5.74) is 4.24. The van der Waals surface area contributed by atoms with E-state index < -0.39 is 37.1 Å². The SMILES string of the molecule is C=C/C=C(\N=CN)c1cc(=O)n(-c2ccc(OCC(F)(F)F)cc2)c(OCC(F)(F)F)n1. The van der Waals surface area contributed by atoms with Crippen molar-refractivity contribution in [2.45, 2.75) is 12.4 Å². The normalized spacial score (nSPS) is 12.8. The number of hydrogen-bond acceptors (Lipinski definition) is 5. The van der Waals surface area contributed by atoms with Crippen LogP contribution < -0.4 is 20.8 Å². The second-order valence-corrected chi connectivity index (χ2v) is 5.96. The second-order valence-electron chi connectivity index (χ2n) is 5.96. The summed E-state index contributed by atoms with van der Waals surface area (Å²) >= 11 is 0. The number of benzene rings is 1. The van der Waals surface area contributed by atoms with E-state index in [2.05, 4.69) is 21.3 Å². The molecule has 0 spiro atoms. The molecule has 0 bridgehead atoms. The third kappa shape index (κ3) is 7.18. The van der Waals surface area contributed by atoms with Crippen LogP contribution in [0.1, 0.15) is 5.69 Å². The highest BCUT2D eigenvalue weighted by molar-refractivity contribution is 5.71. The first-order valence-corrected chi connectivity index (χ1v) is 8.64. The molecule has 2 aromatic rings. The van der Waals surface area contributed by atoms with Gasteiger partial charge in [0.25, 0.3) is 5.56 Å². The fourth-order valence-corrected chi connectivity index (χ4v) is 2.32. The molecule has 0 fully saturated rings. The van der Waals surface area contributed by atoms with Crippen LogP contribution in [0.5, 0.6) is 11.8 Å². The van der Waals surface area contributed by atoms with E-state index in [1.54, 1.807) is 0 Å². The molecular weight excluding hydrogens is 446 g/mol. The van der Waals surface area contributed by atoms with Gasteiger partial charge >= 0.3 is 18.4 Å². The summed E-state index contributed by atoms with van der Waals surface area (Å²) in [5, 5.41) is 0. The van der Waals surface area contributed by atoms with Crippen molar-refractivity contribution >= 4 is 12.0 Å². The fourth-order valence-electron chi connectivity index (χ4n) is 2.32. The quantitative estimate of drug-likeness (QED) is 0.280. The number of nitrogens with zero attached hydrogens (tertiary/aromatic N) is 3. The maximum absolute atomic E-state index is 12.7. The molecule has 2 N–H and O–H groups in total. The van der Waals surface area contributed by atoms with Gasteiger partial charge in [-0.15, -0.1) is 0 Å². The number of ether oxygens (including phenoxy) is 2. The average molecular weight is 462 g/mol. The Balaban J connectivity index is 2.51. The number of nitrogens with two attached hydrogens (primary N) is 1. The minimum absolute atomic E-state index is 0.0258. The fraction of sp³-hybridized carbons (Fsp3) is 0.211. The molecule has 0 amide bonds. The molecule has 0 unspecified atom stereocenters. The van der Waals surface area contributed by atoms with E-state index in [4.69, 9.17) is 10.5 Å². The summed E-state index contributed by atoms with van der Waals surface area (Å²) < 4.78 is 84.9. The van der Waals surface area contributed by atoms with Crippen molar-refractivity contribution in [3.8, 4) is 17.4 Å². The molecular formula is C19H16F6N4O3. The smallest absolute Gasteiger partial charge is 0.422 e. The van der Waals surface area contributed by atoms with Gasteiger partial charge in [0.15, 0.2) is 13.2 Å². The van der Waals surface area contributed by atoms with Crippen molar-refractivity contribution in [1.29, 1.82) is 0 Å². The van der Waals surface area contributed by atoms with Crippen LogP contribution in [0.4, 0.5) is 26.3 Å². The largest absolute Gasteiger partial charge is 0.484 e. The molecule has 7 nitrogen and oxygen atoms in total. The van der Waals surface area contributed by atoms with Crippen LogP contribution in [0.25, 0.3) is 11.4 Å². The minimum Gasteiger partial charge on any atom is -0.484 e. The predicted molar refractivity (Wildman–Crippen MR) is 104 cm³/mol. The molecule has 1 aromatic heterocycles. The highest BCUT2D eigenvalue weighted by Crippen LogP contribution is 2.24. The number of rotatable bonds is 8. The molecule has 1 aromatic carbocycles. The number of aliphatic imine (C=N–C) groups is 1. The van der Waals surface area contributed by atoms with Crippen molar-refractivity contribution in [2.24, 2.45) is 10.7 Å². The van der Waals surface area contributed by atoms with Gasteiger partial charge in [0.2, 0.25) is 0 Å². The molecule has 1 heterocycles. The van der Waals surface area contributed by atoms with Crippen LogP contribution in [0.3, 0.4) is 0 Å². The van der Waals surface area contributed by atoms with Crippen LogP contribution in [-0.4, -0.2) is 41.5 Å². The van der Waals surface area contributed by atoms with E-state index in [-0.39, 0.29) is 22.8 Å². The first-order chi connectivity index (χ1) is 14.9. The van der Waals surface area contributed by atoms with Gasteiger partial charge in [-0.3, -0.25) is 4.79 Å². The Kier molecular flexibility index (Phi) is 7.67. The van der Waals surface area contributed by atoms with Crippen molar-refractivity contribution in [3.05, 3.63) is 65.1 Å². The molecule has 32 heavy (non-hydrogen) atoms. The van der Waals surface area contributed by atoms with Gasteiger partial charge in [0.1, 0.15) is 5.75 Å². The molecule has 172 valence electrons. The van der Waals surface area contributed by atoms with Crippen LogP contribution in [0.15, 0.2) is 58.8 Å². The van der Waals surface area contributed by atoms with E-state index in [1.165, 1.54) is 12.2 Å². The van der Waals surface area contributed by atoms with Crippen LogP contribution >= 0.6 is 0 Å². The highest BCUT2D eigenvalue weighted by atomic mass is 19.4. The molecule has 0 radical (unpaired) electrons. The first kappa shape index (κ1) is 24.5. The van der Waals surface area contributed by atoms with E-state index in [0.29, 0.717) is 4.57 Å². The number of alkyl halides is 6. The number of aromatic nitrogens is 2. The second kappa shape index (κ2) is 10.0. The Hall–Kier alpha value is -3.77. The summed E-state index contributed by atoms with van der Waals surface area (Å²) in [4.78, 5) is 20.4. The topological polar surface area (TPSA) is 91.7 Å². The van der Waals surface area contributed by atoms with Crippen LogP contribution in [0.2, 0.25) is 0 Å². The maximum atomic E-state index is 12.7. The third-order valence-corrected chi connectivity index (χ3v) is 3.50. The van der Waals surface area contributed by atoms with E-state index in [9.17, 15) is 31.1 Å².